The van der Waals surface area contributed by atoms with E-state index >= 15 is 0 Å². The quantitative estimate of drug-likeness (QED) is 0.150. The number of nitrogens with zero attached hydrogens (tertiary/aromatic N) is 4. The van der Waals surface area contributed by atoms with Crippen LogP contribution in [0.2, 0.25) is 0 Å². The Labute approximate surface area is 364 Å². The molecule has 16 nitrogen and oxygen atoms in total. The summed E-state index contributed by atoms with van der Waals surface area (Å²) in [5, 5.41) is 49.2. The number of rotatable bonds is 8. The molecule has 62 heavy (non-hydrogen) atoms. The Morgan fingerprint density at radius 1 is 0.387 bits per heavy atom. The Morgan fingerprint density at radius 2 is 0.548 bits per heavy atom. The van der Waals surface area contributed by atoms with E-state index in [2.05, 4.69) is 0 Å². The number of carbonyl (C=O) groups excluding carboxylic acids is 4. The van der Waals surface area contributed by atoms with Gasteiger partial charge in [0.25, 0.3) is 0 Å². The van der Waals surface area contributed by atoms with Gasteiger partial charge in [-0.25, -0.2) is 19.2 Å². The topological polar surface area (TPSA) is 199 Å². The van der Waals surface area contributed by atoms with Gasteiger partial charge in [-0.15, -0.1) is 0 Å². The number of carbonyl (C=O) groups is 4. The Hall–Kier alpha value is -3.74. The SMILES string of the molecule is CC1(C)CC(OC(=O)c2cc3cc(C(=O)OC4CC(C)(C)N(O)C4(C)C)c(C(=O)OC4CC(C)(C)N(O)C4(C)C)cc3cc2C(=O)OC2CC(C)(C)N(O)C2(C)C)C(C)(C)N1O. The van der Waals surface area contributed by atoms with Gasteiger partial charge in [0.1, 0.15) is 24.4 Å². The predicted molar refractivity (Wildman–Crippen MR) is 226 cm³/mol. The van der Waals surface area contributed by atoms with Crippen molar-refractivity contribution in [2.45, 2.75) is 205 Å². The van der Waals surface area contributed by atoms with E-state index in [0.717, 1.165) is 20.3 Å². The largest absolute Gasteiger partial charge is 0.457 e. The summed E-state index contributed by atoms with van der Waals surface area (Å²) in [7, 11) is 0. The van der Waals surface area contributed by atoms with Crippen molar-refractivity contribution in [3.63, 3.8) is 0 Å². The zero-order valence-electron chi connectivity index (χ0n) is 39.3. The molecule has 6 rings (SSSR count). The maximum Gasteiger partial charge on any atom is 0.339 e. The molecule has 16 heteroatoms. The summed E-state index contributed by atoms with van der Waals surface area (Å²) >= 11 is 0. The van der Waals surface area contributed by atoms with Crippen LogP contribution in [0, 0.1) is 0 Å². The van der Waals surface area contributed by atoms with Crippen molar-refractivity contribution in [1.29, 1.82) is 0 Å². The number of hydrogen-bond acceptors (Lipinski definition) is 16. The van der Waals surface area contributed by atoms with Crippen molar-refractivity contribution in [3.8, 4) is 0 Å². The summed E-state index contributed by atoms with van der Waals surface area (Å²) in [6.07, 6.45) is -2.12. The summed E-state index contributed by atoms with van der Waals surface area (Å²) in [6.45, 7) is 28.5. The van der Waals surface area contributed by atoms with E-state index in [-0.39, 0.29) is 58.7 Å². The smallest absolute Gasteiger partial charge is 0.339 e. The highest BCUT2D eigenvalue weighted by Gasteiger charge is 2.57. The second-order valence-corrected chi connectivity index (χ2v) is 22.6. The molecule has 0 aliphatic carbocycles. The van der Waals surface area contributed by atoms with Crippen LogP contribution >= 0.6 is 0 Å². The minimum atomic E-state index is -1.00. The van der Waals surface area contributed by atoms with Crippen molar-refractivity contribution in [2.24, 2.45) is 0 Å². The highest BCUT2D eigenvalue weighted by atomic mass is 16.6. The molecule has 4 heterocycles. The van der Waals surface area contributed by atoms with Crippen LogP contribution in [0.1, 0.15) is 178 Å². The first-order chi connectivity index (χ1) is 28.0. The van der Waals surface area contributed by atoms with Gasteiger partial charge in [-0.3, -0.25) is 0 Å². The summed E-state index contributed by atoms with van der Waals surface area (Å²) in [5.41, 5.74) is -7.75. The lowest BCUT2D eigenvalue weighted by molar-refractivity contribution is -0.201. The van der Waals surface area contributed by atoms with E-state index in [1.165, 1.54) is 24.3 Å². The molecule has 0 radical (unpaired) electrons. The molecule has 0 saturated carbocycles. The van der Waals surface area contributed by atoms with E-state index < -0.39 is 92.6 Å². The molecule has 4 unspecified atom stereocenters. The first-order valence-electron chi connectivity index (χ1n) is 21.4. The average Bonchev–Trinajstić information content (AvgIpc) is 3.56. The summed E-state index contributed by atoms with van der Waals surface area (Å²) in [4.78, 5) is 57.7. The van der Waals surface area contributed by atoms with E-state index in [4.69, 9.17) is 18.9 Å². The molecule has 2 aromatic carbocycles. The number of hydrogen-bond donors (Lipinski definition) is 4. The maximum absolute atomic E-state index is 14.4. The molecule has 4 saturated heterocycles. The van der Waals surface area contributed by atoms with Gasteiger partial charge in [0.15, 0.2) is 0 Å². The summed E-state index contributed by atoms with van der Waals surface area (Å²) in [5.74, 6) is -3.54. The van der Waals surface area contributed by atoms with Crippen molar-refractivity contribution in [2.75, 3.05) is 0 Å². The normalized spacial score (nSPS) is 29.4. The fourth-order valence-corrected chi connectivity index (χ4v) is 10.4. The van der Waals surface area contributed by atoms with Crippen LogP contribution in [0.4, 0.5) is 0 Å². The Balaban J connectivity index is 1.49. The first kappa shape index (κ1) is 47.7. The maximum atomic E-state index is 14.4. The molecule has 4 aliphatic rings. The van der Waals surface area contributed by atoms with Gasteiger partial charge in [0.2, 0.25) is 0 Å². The molecule has 4 aliphatic heterocycles. The molecule has 344 valence electrons. The number of fused-ring (bicyclic) bond motifs is 1. The number of ether oxygens (including phenoxy) is 4. The van der Waals surface area contributed by atoms with Crippen molar-refractivity contribution >= 4 is 34.6 Å². The van der Waals surface area contributed by atoms with Crippen LogP contribution in [0.15, 0.2) is 24.3 Å². The zero-order valence-corrected chi connectivity index (χ0v) is 39.3. The lowest BCUT2D eigenvalue weighted by Gasteiger charge is -2.35. The third kappa shape index (κ3) is 7.82. The molecule has 4 N–H and O–H groups in total. The van der Waals surface area contributed by atoms with Gasteiger partial charge in [0.05, 0.1) is 44.4 Å². The van der Waals surface area contributed by atoms with Gasteiger partial charge in [0, 0.05) is 47.8 Å². The number of benzene rings is 2. The molecule has 0 bridgehead atoms. The Bertz CT molecular complexity index is 1880. The van der Waals surface area contributed by atoms with Crippen LogP contribution in [0.25, 0.3) is 10.8 Å². The second-order valence-electron chi connectivity index (χ2n) is 22.6. The molecular weight excluding hydrogens is 801 g/mol. The average molecular weight is 869 g/mol. The van der Waals surface area contributed by atoms with Gasteiger partial charge in [-0.05, 0) is 146 Å². The number of hydroxylamine groups is 8. The van der Waals surface area contributed by atoms with Crippen molar-refractivity contribution in [1.82, 2.24) is 20.3 Å². The van der Waals surface area contributed by atoms with Gasteiger partial charge in [-0.2, -0.15) is 20.3 Å². The Morgan fingerprint density at radius 3 is 0.677 bits per heavy atom. The molecule has 2 aromatic rings. The standard InChI is InChI=1S/C46H68N4O12/c1-39(2)21-31(43(9,10)47(39)55)59-35(51)27-17-25-19-29(37(53)61-33-23-41(5,6)49(57)45(33,13)14)30(38(54)62-34-24-42(7,8)50(58)46(34,15)16)20-26(25)18-28(27)36(52)60-32-22-40(3,4)48(56)44(32,11)12/h17-20,31-34,55-58H,21-24H2,1-16H3. The summed E-state index contributed by atoms with van der Waals surface area (Å²) < 4.78 is 24.4. The highest BCUT2D eigenvalue weighted by molar-refractivity contribution is 6.11. The summed E-state index contributed by atoms with van der Waals surface area (Å²) in [6, 6.07) is 5.60. The Kier molecular flexibility index (Phi) is 11.5. The van der Waals surface area contributed by atoms with Crippen LogP contribution in [-0.4, -0.2) is 134 Å². The van der Waals surface area contributed by atoms with Gasteiger partial charge >= 0.3 is 23.9 Å². The second kappa shape index (κ2) is 14.9. The van der Waals surface area contributed by atoms with Gasteiger partial charge in [-0.1, -0.05) is 0 Å². The van der Waals surface area contributed by atoms with Crippen LogP contribution in [-0.2, 0) is 18.9 Å². The molecule has 4 fully saturated rings. The van der Waals surface area contributed by atoms with Gasteiger partial charge < -0.3 is 39.8 Å². The predicted octanol–water partition coefficient (Wildman–Crippen LogP) is 7.55. The van der Waals surface area contributed by atoms with Crippen LogP contribution < -0.4 is 0 Å². The molecule has 4 atom stereocenters. The minimum Gasteiger partial charge on any atom is -0.457 e. The minimum absolute atomic E-state index is 0.189. The fourth-order valence-electron chi connectivity index (χ4n) is 10.4. The third-order valence-corrected chi connectivity index (χ3v) is 14.4. The third-order valence-electron chi connectivity index (χ3n) is 14.4. The van der Waals surface area contributed by atoms with Crippen LogP contribution in [0.3, 0.4) is 0 Å². The molecule has 0 spiro atoms. The molecule has 0 aromatic heterocycles. The lowest BCUT2D eigenvalue weighted by Crippen LogP contribution is -2.49. The number of esters is 4. The monoisotopic (exact) mass is 868 g/mol. The fraction of sp³-hybridized carbons (Fsp3) is 0.696. The lowest BCUT2D eigenvalue weighted by atomic mass is 9.94. The van der Waals surface area contributed by atoms with E-state index in [0.29, 0.717) is 0 Å². The van der Waals surface area contributed by atoms with E-state index in [1.807, 2.05) is 55.4 Å². The highest BCUT2D eigenvalue weighted by Crippen LogP contribution is 2.45. The first-order valence-corrected chi connectivity index (χ1v) is 21.4. The molecular formula is C46H68N4O12. The van der Waals surface area contributed by atoms with E-state index in [9.17, 15) is 40.0 Å². The van der Waals surface area contributed by atoms with E-state index in [1.54, 1.807) is 55.4 Å². The van der Waals surface area contributed by atoms with Crippen molar-refractivity contribution in [3.05, 3.63) is 46.5 Å². The van der Waals surface area contributed by atoms with Crippen LogP contribution in [0.5, 0.6) is 0 Å². The van der Waals surface area contributed by atoms with Crippen molar-refractivity contribution < 1.29 is 59.0 Å². The molecule has 0 amide bonds. The zero-order chi connectivity index (χ0) is 46.9.